The number of benzene rings is 2. The van der Waals surface area contributed by atoms with E-state index in [1.807, 2.05) is 53.4 Å². The van der Waals surface area contributed by atoms with Crippen LogP contribution in [-0.4, -0.2) is 22.3 Å². The second-order valence-electron chi connectivity index (χ2n) is 6.00. The second-order valence-corrected chi connectivity index (χ2v) is 6.44. The van der Waals surface area contributed by atoms with Crippen LogP contribution in [0.4, 0.5) is 0 Å². The maximum atomic E-state index is 12.6. The van der Waals surface area contributed by atoms with Crippen molar-refractivity contribution in [1.82, 2.24) is 9.88 Å². The van der Waals surface area contributed by atoms with E-state index in [9.17, 15) is 4.79 Å². The first-order valence-corrected chi connectivity index (χ1v) is 8.19. The Morgan fingerprint density at radius 1 is 1.17 bits per heavy atom. The van der Waals surface area contributed by atoms with Crippen molar-refractivity contribution >= 4 is 28.4 Å². The van der Waals surface area contributed by atoms with Gasteiger partial charge in [0.2, 0.25) is 5.91 Å². The summed E-state index contributed by atoms with van der Waals surface area (Å²) in [5, 5.41) is 1.86. The predicted octanol–water partition coefficient (Wildman–Crippen LogP) is 3.95. The van der Waals surface area contributed by atoms with E-state index in [0.717, 1.165) is 34.5 Å². The van der Waals surface area contributed by atoms with E-state index in [-0.39, 0.29) is 5.91 Å². The van der Waals surface area contributed by atoms with Gasteiger partial charge >= 0.3 is 0 Å². The van der Waals surface area contributed by atoms with Gasteiger partial charge in [-0.2, -0.15) is 0 Å². The zero-order valence-electron chi connectivity index (χ0n) is 12.7. The van der Waals surface area contributed by atoms with Crippen molar-refractivity contribution in [2.45, 2.75) is 19.4 Å². The summed E-state index contributed by atoms with van der Waals surface area (Å²) in [6, 6.07) is 15.8. The Kier molecular flexibility index (Phi) is 3.58. The molecule has 0 bridgehead atoms. The largest absolute Gasteiger partial charge is 0.358 e. The molecule has 0 aliphatic carbocycles. The fourth-order valence-electron chi connectivity index (χ4n) is 3.28. The quantitative estimate of drug-likeness (QED) is 0.761. The fraction of sp³-hybridized carbons (Fsp3) is 0.211. The highest BCUT2D eigenvalue weighted by Gasteiger charge is 2.24. The zero-order valence-corrected chi connectivity index (χ0v) is 13.4. The number of nitrogens with one attached hydrogen (secondary N) is 1. The Morgan fingerprint density at radius 2 is 2.00 bits per heavy atom. The molecule has 1 aliphatic rings. The fourth-order valence-corrected chi connectivity index (χ4v) is 3.45. The van der Waals surface area contributed by atoms with Crippen LogP contribution in [0, 0.1) is 0 Å². The molecule has 1 N–H and O–H groups in total. The van der Waals surface area contributed by atoms with Gasteiger partial charge in [0.05, 0.1) is 6.42 Å². The van der Waals surface area contributed by atoms with Crippen LogP contribution >= 0.6 is 11.6 Å². The lowest BCUT2D eigenvalue weighted by Crippen LogP contribution is -2.36. The van der Waals surface area contributed by atoms with Crippen molar-refractivity contribution in [3.05, 3.63) is 70.4 Å². The summed E-state index contributed by atoms with van der Waals surface area (Å²) < 4.78 is 0. The normalized spacial score (nSPS) is 14.0. The Morgan fingerprint density at radius 3 is 2.83 bits per heavy atom. The minimum absolute atomic E-state index is 0.179. The molecule has 0 radical (unpaired) electrons. The maximum absolute atomic E-state index is 12.6. The molecule has 0 atom stereocenters. The summed E-state index contributed by atoms with van der Waals surface area (Å²) in [5.41, 5.74) is 4.59. The van der Waals surface area contributed by atoms with Gasteiger partial charge in [-0.15, -0.1) is 0 Å². The molecule has 0 saturated heterocycles. The number of aromatic amines is 1. The summed E-state index contributed by atoms with van der Waals surface area (Å²) in [6.07, 6.45) is 1.32. The van der Waals surface area contributed by atoms with E-state index < -0.39 is 0 Å². The Bertz CT molecular complexity index is 870. The number of H-pyrrole nitrogens is 1. The Labute approximate surface area is 139 Å². The molecule has 3 aromatic rings. The number of fused-ring (bicyclic) bond motifs is 3. The first-order chi connectivity index (χ1) is 11.2. The molecule has 1 aliphatic heterocycles. The molecule has 2 heterocycles. The van der Waals surface area contributed by atoms with Gasteiger partial charge in [0.15, 0.2) is 0 Å². The number of amides is 1. The number of hydrogen-bond acceptors (Lipinski definition) is 1. The third-order valence-electron chi connectivity index (χ3n) is 4.49. The topological polar surface area (TPSA) is 36.1 Å². The van der Waals surface area contributed by atoms with Gasteiger partial charge in [-0.25, -0.2) is 0 Å². The third-order valence-corrected chi connectivity index (χ3v) is 4.72. The van der Waals surface area contributed by atoms with Gasteiger partial charge in [-0.1, -0.05) is 41.9 Å². The maximum Gasteiger partial charge on any atom is 0.227 e. The summed E-state index contributed by atoms with van der Waals surface area (Å²) in [5.74, 6) is 0.179. The smallest absolute Gasteiger partial charge is 0.227 e. The SMILES string of the molecule is O=C(Cc1ccccc1)N1CCc2[nH]c3ccc(Cl)cc3c2C1. The molecule has 2 aromatic carbocycles. The Balaban J connectivity index is 1.59. The van der Waals surface area contributed by atoms with E-state index in [1.54, 1.807) is 0 Å². The molecule has 1 aromatic heterocycles. The molecule has 0 unspecified atom stereocenters. The van der Waals surface area contributed by atoms with E-state index >= 15 is 0 Å². The highest BCUT2D eigenvalue weighted by atomic mass is 35.5. The van der Waals surface area contributed by atoms with Gasteiger partial charge in [-0.3, -0.25) is 4.79 Å². The average molecular weight is 325 g/mol. The highest BCUT2D eigenvalue weighted by molar-refractivity contribution is 6.31. The number of hydrogen-bond donors (Lipinski definition) is 1. The van der Waals surface area contributed by atoms with Crippen LogP contribution in [0.2, 0.25) is 5.02 Å². The van der Waals surface area contributed by atoms with E-state index in [0.29, 0.717) is 13.0 Å². The number of aromatic nitrogens is 1. The van der Waals surface area contributed by atoms with Gasteiger partial charge in [0.25, 0.3) is 0 Å². The monoisotopic (exact) mass is 324 g/mol. The number of carbonyl (C=O) groups excluding carboxylic acids is 1. The molecule has 0 saturated carbocycles. The third kappa shape index (κ3) is 2.73. The number of rotatable bonds is 2. The first kappa shape index (κ1) is 14.3. The minimum atomic E-state index is 0.179. The average Bonchev–Trinajstić information content (AvgIpc) is 2.93. The molecule has 0 fully saturated rings. The molecule has 1 amide bonds. The lowest BCUT2D eigenvalue weighted by atomic mass is 10.0. The second kappa shape index (κ2) is 5.74. The lowest BCUT2D eigenvalue weighted by molar-refractivity contribution is -0.131. The molecular weight excluding hydrogens is 308 g/mol. The Hall–Kier alpha value is -2.26. The number of carbonyl (C=O) groups is 1. The number of halogens is 1. The molecule has 4 heteroatoms. The van der Waals surface area contributed by atoms with Gasteiger partial charge in [0, 0.05) is 46.7 Å². The zero-order chi connectivity index (χ0) is 15.8. The summed E-state index contributed by atoms with van der Waals surface area (Å²) >= 11 is 6.13. The van der Waals surface area contributed by atoms with Crippen molar-refractivity contribution in [2.75, 3.05) is 6.54 Å². The molecular formula is C19H17ClN2O. The minimum Gasteiger partial charge on any atom is -0.358 e. The standard InChI is InChI=1S/C19H17ClN2O/c20-14-6-7-17-15(11-14)16-12-22(9-8-18(16)21-17)19(23)10-13-4-2-1-3-5-13/h1-7,11,21H,8-10,12H2. The van der Waals surface area contributed by atoms with E-state index in [4.69, 9.17) is 11.6 Å². The van der Waals surface area contributed by atoms with Gasteiger partial charge in [0.1, 0.15) is 0 Å². The molecule has 0 spiro atoms. The van der Waals surface area contributed by atoms with Crippen LogP contribution in [0.1, 0.15) is 16.8 Å². The van der Waals surface area contributed by atoms with Crippen LogP contribution < -0.4 is 0 Å². The van der Waals surface area contributed by atoms with Crippen molar-refractivity contribution < 1.29 is 4.79 Å². The summed E-state index contributed by atoms with van der Waals surface area (Å²) in [4.78, 5) is 18.0. The van der Waals surface area contributed by atoms with Crippen molar-refractivity contribution in [3.8, 4) is 0 Å². The van der Waals surface area contributed by atoms with E-state index in [2.05, 4.69) is 4.98 Å². The summed E-state index contributed by atoms with van der Waals surface area (Å²) in [6.45, 7) is 1.42. The molecule has 4 rings (SSSR count). The van der Waals surface area contributed by atoms with Crippen LogP contribution in [0.3, 0.4) is 0 Å². The molecule has 23 heavy (non-hydrogen) atoms. The first-order valence-electron chi connectivity index (χ1n) is 7.81. The highest BCUT2D eigenvalue weighted by Crippen LogP contribution is 2.29. The predicted molar refractivity (Wildman–Crippen MR) is 92.6 cm³/mol. The van der Waals surface area contributed by atoms with Gasteiger partial charge < -0.3 is 9.88 Å². The summed E-state index contributed by atoms with van der Waals surface area (Å²) in [7, 11) is 0. The van der Waals surface area contributed by atoms with Crippen molar-refractivity contribution in [3.63, 3.8) is 0 Å². The van der Waals surface area contributed by atoms with Crippen LogP contribution in [0.5, 0.6) is 0 Å². The van der Waals surface area contributed by atoms with Crippen molar-refractivity contribution in [2.24, 2.45) is 0 Å². The molecule has 3 nitrogen and oxygen atoms in total. The van der Waals surface area contributed by atoms with Crippen LogP contribution in [-0.2, 0) is 24.2 Å². The van der Waals surface area contributed by atoms with Gasteiger partial charge in [-0.05, 0) is 23.8 Å². The molecule has 116 valence electrons. The lowest BCUT2D eigenvalue weighted by Gasteiger charge is -2.27. The van der Waals surface area contributed by atoms with E-state index in [1.165, 1.54) is 11.3 Å². The number of nitrogens with zero attached hydrogens (tertiary/aromatic N) is 1. The van der Waals surface area contributed by atoms with Crippen LogP contribution in [0.15, 0.2) is 48.5 Å². The van der Waals surface area contributed by atoms with Crippen molar-refractivity contribution in [1.29, 1.82) is 0 Å². The van der Waals surface area contributed by atoms with Crippen LogP contribution in [0.25, 0.3) is 10.9 Å².